The van der Waals surface area contributed by atoms with Gasteiger partial charge in [-0.05, 0) is 63.5 Å². The molecule has 4 aliphatic rings. The van der Waals surface area contributed by atoms with E-state index in [1.54, 1.807) is 6.07 Å². The Kier molecular flexibility index (Phi) is 17.4. The number of fused-ring (bicyclic) bond motifs is 5. The van der Waals surface area contributed by atoms with Crippen molar-refractivity contribution in [3.63, 3.8) is 0 Å². The molecule has 18 nitrogen and oxygen atoms in total. The van der Waals surface area contributed by atoms with Crippen LogP contribution >= 0.6 is 69.6 Å². The number of amides is 1. The van der Waals surface area contributed by atoms with Crippen molar-refractivity contribution in [3.8, 4) is 0 Å². The van der Waals surface area contributed by atoms with Crippen LogP contribution in [-0.2, 0) is 57.0 Å². The second kappa shape index (κ2) is 21.8. The van der Waals surface area contributed by atoms with Crippen LogP contribution in [0.1, 0.15) is 90.2 Å². The van der Waals surface area contributed by atoms with E-state index in [2.05, 4.69) is 0 Å². The molecule has 0 spiro atoms. The zero-order valence-corrected chi connectivity index (χ0v) is 45.9. The fraction of sp³-hybridized carbons (Fsp3) is 0.571. The molecule has 2 aromatic rings. The highest BCUT2D eigenvalue weighted by molar-refractivity contribution is 6.68. The Labute approximate surface area is 459 Å². The third-order valence-electron chi connectivity index (χ3n) is 13.7. The number of ether oxygens (including phenoxy) is 9. The van der Waals surface area contributed by atoms with E-state index in [4.69, 9.17) is 112 Å². The summed E-state index contributed by atoms with van der Waals surface area (Å²) in [5.74, 6) is -12.3. The minimum atomic E-state index is -4.67. The van der Waals surface area contributed by atoms with Gasteiger partial charge in [-0.25, -0.2) is 24.0 Å². The Hall–Kier alpha value is -4.41. The lowest BCUT2D eigenvalue weighted by Crippen LogP contribution is -2.82. The molecule has 1 heterocycles. The highest BCUT2D eigenvalue weighted by atomic mass is 35.6. The SMILES string of the molecule is CC(=O)O[C@@]12CO[C@@H]1C[C@H](OC(=O)OCC(Cl)(Cl)Cl)[C@@]1(C)C(=O)[C@H](OC(=O)OCC(Cl)(Cl)Cl)C3=C(C)[C@@H](OC(=O)C(F)(F)C(NC(=O)OC(C)(C)C)c4ccccc4)C[C@@](O)([C@@H](OC(=O)c4ccccc4)[C@H]21)C3(C)C. The van der Waals surface area contributed by atoms with Gasteiger partial charge in [0.15, 0.2) is 17.5 Å². The van der Waals surface area contributed by atoms with E-state index >= 15 is 13.6 Å². The Morgan fingerprint density at radius 2 is 1.37 bits per heavy atom. The number of aliphatic hydroxyl groups is 1. The Morgan fingerprint density at radius 3 is 1.88 bits per heavy atom. The first-order valence-electron chi connectivity index (χ1n) is 23.0. The van der Waals surface area contributed by atoms with Gasteiger partial charge in [0.2, 0.25) is 7.59 Å². The maximum absolute atomic E-state index is 17.1. The van der Waals surface area contributed by atoms with Gasteiger partial charge in [0.05, 0.1) is 23.5 Å². The fourth-order valence-corrected chi connectivity index (χ4v) is 10.7. The average molecular weight is 1180 g/mol. The molecule has 2 N–H and O–H groups in total. The van der Waals surface area contributed by atoms with Crippen molar-refractivity contribution in [2.45, 2.75) is 135 Å². The van der Waals surface area contributed by atoms with Crippen LogP contribution in [0.3, 0.4) is 0 Å². The fourth-order valence-electron chi connectivity index (χ4n) is 10.3. The van der Waals surface area contributed by atoms with Crippen LogP contribution < -0.4 is 5.32 Å². The number of carbonyl (C=O) groups is 7. The molecule has 412 valence electrons. The minimum Gasteiger partial charge on any atom is -0.455 e. The number of esters is 3. The first-order chi connectivity index (χ1) is 34.5. The van der Waals surface area contributed by atoms with E-state index in [9.17, 15) is 33.9 Å². The Balaban J connectivity index is 1.63. The summed E-state index contributed by atoms with van der Waals surface area (Å²) in [7, 11) is 0. The standard InChI is InChI=1S/C49H53Cl6F2NO17/c1-24-28(70-38(62)49(56,57)34(26-15-11-9-12-16-26)58-39(63)75-42(3,4)5)20-46(66)36(73-37(61)27-17-13-10-14-18-27)33-44(8,35(60)32(31(24)43(46,6)7)72-41(65)69-23-48(53,54)55)29(71-40(64)68-22-47(50,51)52)19-30-45(33,21-67-30)74-25(2)59/h9-18,28-30,32-34,36,66H,19-23H2,1-8H3,(H,58,63)/t28-,29-,30+,32+,33-,34?,36-,44+,45-,46+/m0/s1. The second-order valence-electron chi connectivity index (χ2n) is 20.2. The topological polar surface area (TPSA) is 235 Å². The zero-order chi connectivity index (χ0) is 56.1. The van der Waals surface area contributed by atoms with E-state index in [1.165, 1.54) is 103 Å². The summed E-state index contributed by atoms with van der Waals surface area (Å²) in [5.41, 5.74) is -11.8. The number of hydrogen-bond donors (Lipinski definition) is 2. The number of Topliss-reactive ketones (excluding diaryl/α,β-unsaturated/α-hetero) is 1. The van der Waals surface area contributed by atoms with Gasteiger partial charge in [0.1, 0.15) is 54.9 Å². The molecule has 26 heteroatoms. The molecule has 1 saturated heterocycles. The summed E-state index contributed by atoms with van der Waals surface area (Å²) in [4.78, 5) is 99.1. The van der Waals surface area contributed by atoms with Gasteiger partial charge in [-0.2, -0.15) is 8.78 Å². The first kappa shape index (κ1) is 59.8. The smallest absolute Gasteiger partial charge is 0.455 e. The number of alkyl halides is 8. The van der Waals surface area contributed by atoms with E-state index in [1.807, 2.05) is 5.32 Å². The molecule has 3 aliphatic carbocycles. The summed E-state index contributed by atoms with van der Waals surface area (Å²) in [6, 6.07) is 11.4. The van der Waals surface area contributed by atoms with Gasteiger partial charge < -0.3 is 53.1 Å². The lowest BCUT2D eigenvalue weighted by Gasteiger charge is -2.67. The average Bonchev–Trinajstić information content (AvgIpc) is 3.29. The van der Waals surface area contributed by atoms with E-state index < -0.39 is 164 Å². The minimum absolute atomic E-state index is 0.122. The number of carbonyl (C=O) groups excluding carboxylic acids is 7. The number of alkyl carbamates (subject to hydrolysis) is 1. The second-order valence-corrected chi connectivity index (χ2v) is 25.2. The molecule has 10 atom stereocenters. The van der Waals surface area contributed by atoms with Gasteiger partial charge >= 0.3 is 42.2 Å². The molecule has 6 rings (SSSR count). The third kappa shape index (κ3) is 12.5. The van der Waals surface area contributed by atoms with Crippen LogP contribution in [-0.4, -0.2) is 128 Å². The molecule has 2 aromatic carbocycles. The molecular weight excluding hydrogens is 1130 g/mol. The molecule has 0 radical (unpaired) electrons. The van der Waals surface area contributed by atoms with Crippen LogP contribution in [0.15, 0.2) is 71.8 Å². The third-order valence-corrected chi connectivity index (χ3v) is 14.4. The van der Waals surface area contributed by atoms with E-state index in [0.717, 1.165) is 6.92 Å². The summed E-state index contributed by atoms with van der Waals surface area (Å²) in [6.07, 6.45) is -15.9. The predicted octanol–water partition coefficient (Wildman–Crippen LogP) is 9.60. The summed E-state index contributed by atoms with van der Waals surface area (Å²) < 4.78 is 81.0. The molecular formula is C49H53Cl6F2NO17. The zero-order valence-electron chi connectivity index (χ0n) is 41.4. The van der Waals surface area contributed by atoms with Crippen molar-refractivity contribution in [2.75, 3.05) is 19.8 Å². The summed E-state index contributed by atoms with van der Waals surface area (Å²) >= 11 is 35.2. The molecule has 2 bridgehead atoms. The van der Waals surface area contributed by atoms with Gasteiger partial charge in [-0.15, -0.1) is 0 Å². The lowest BCUT2D eigenvalue weighted by molar-refractivity contribution is -0.346. The van der Waals surface area contributed by atoms with Crippen molar-refractivity contribution >= 4 is 112 Å². The lowest BCUT2D eigenvalue weighted by atomic mass is 9.44. The molecule has 2 saturated carbocycles. The van der Waals surface area contributed by atoms with Gasteiger partial charge in [-0.3, -0.25) is 9.59 Å². The Bertz CT molecular complexity index is 2570. The number of ketones is 1. The number of halogens is 8. The molecule has 1 amide bonds. The van der Waals surface area contributed by atoms with E-state index in [-0.39, 0.29) is 16.7 Å². The van der Waals surface area contributed by atoms with Gasteiger partial charge in [0, 0.05) is 25.2 Å². The molecule has 75 heavy (non-hydrogen) atoms. The highest BCUT2D eigenvalue weighted by Gasteiger charge is 2.79. The maximum Gasteiger partial charge on any atom is 0.509 e. The highest BCUT2D eigenvalue weighted by Crippen LogP contribution is 2.65. The Morgan fingerprint density at radius 1 is 0.827 bits per heavy atom. The van der Waals surface area contributed by atoms with Crippen molar-refractivity contribution in [2.24, 2.45) is 16.7 Å². The van der Waals surface area contributed by atoms with Crippen LogP contribution in [0.25, 0.3) is 0 Å². The quantitative estimate of drug-likeness (QED) is 0.0871. The number of hydrogen-bond acceptors (Lipinski definition) is 17. The monoisotopic (exact) mass is 1180 g/mol. The predicted molar refractivity (Wildman–Crippen MR) is 264 cm³/mol. The number of benzene rings is 2. The number of nitrogens with one attached hydrogen (secondary N) is 1. The van der Waals surface area contributed by atoms with Gasteiger partial charge in [-0.1, -0.05) is 132 Å². The van der Waals surface area contributed by atoms with Crippen molar-refractivity contribution in [1.29, 1.82) is 0 Å². The van der Waals surface area contributed by atoms with Crippen molar-refractivity contribution in [1.82, 2.24) is 5.32 Å². The largest absolute Gasteiger partial charge is 0.509 e. The molecule has 0 aromatic heterocycles. The van der Waals surface area contributed by atoms with E-state index in [0.29, 0.717) is 0 Å². The summed E-state index contributed by atoms with van der Waals surface area (Å²) in [6.45, 7) is 8.11. The van der Waals surface area contributed by atoms with Crippen molar-refractivity contribution < 1.29 is 90.1 Å². The normalized spacial score (nSPS) is 28.7. The van der Waals surface area contributed by atoms with Crippen molar-refractivity contribution in [3.05, 3.63) is 82.9 Å². The van der Waals surface area contributed by atoms with Crippen LogP contribution in [0.5, 0.6) is 0 Å². The van der Waals surface area contributed by atoms with Crippen LogP contribution in [0.4, 0.5) is 23.2 Å². The number of rotatable bonds is 12. The maximum atomic E-state index is 17.1. The van der Waals surface area contributed by atoms with Crippen LogP contribution in [0, 0.1) is 16.7 Å². The molecule has 1 unspecified atom stereocenters. The van der Waals surface area contributed by atoms with Gasteiger partial charge in [0.25, 0.3) is 0 Å². The first-order valence-corrected chi connectivity index (χ1v) is 25.2. The molecule has 3 fully saturated rings. The molecule has 1 aliphatic heterocycles. The summed E-state index contributed by atoms with van der Waals surface area (Å²) in [5, 5.41) is 16.0. The van der Waals surface area contributed by atoms with Crippen LogP contribution in [0.2, 0.25) is 0 Å².